The number of hydrogen-bond donors (Lipinski definition) is 1. The summed E-state index contributed by atoms with van der Waals surface area (Å²) in [4.78, 5) is 26.5. The van der Waals surface area contributed by atoms with Gasteiger partial charge < -0.3 is 10.1 Å². The number of nitrogens with zero attached hydrogens (tertiary/aromatic N) is 5. The van der Waals surface area contributed by atoms with Crippen LogP contribution in [-0.2, 0) is 7.05 Å². The van der Waals surface area contributed by atoms with E-state index < -0.39 is 23.9 Å². The number of amides is 2. The van der Waals surface area contributed by atoms with E-state index in [1.54, 1.807) is 7.05 Å². The summed E-state index contributed by atoms with van der Waals surface area (Å²) in [6, 6.07) is 8.80. The highest BCUT2D eigenvalue weighted by molar-refractivity contribution is 6.09. The van der Waals surface area contributed by atoms with E-state index in [0.717, 1.165) is 12.1 Å². The van der Waals surface area contributed by atoms with E-state index in [2.05, 4.69) is 25.2 Å². The molecule has 12 heteroatoms. The summed E-state index contributed by atoms with van der Waals surface area (Å²) in [6.07, 6.45) is -4.82. The summed E-state index contributed by atoms with van der Waals surface area (Å²) < 4.78 is 41.8. The van der Waals surface area contributed by atoms with Gasteiger partial charge in [-0.2, -0.15) is 5.10 Å². The van der Waals surface area contributed by atoms with Gasteiger partial charge in [0, 0.05) is 28.5 Å². The van der Waals surface area contributed by atoms with Crippen LogP contribution in [0.4, 0.5) is 19.0 Å². The first-order valence-corrected chi connectivity index (χ1v) is 7.91. The van der Waals surface area contributed by atoms with E-state index in [-0.39, 0.29) is 16.9 Å². The summed E-state index contributed by atoms with van der Waals surface area (Å²) in [5.74, 6) is -1.62. The van der Waals surface area contributed by atoms with E-state index >= 15 is 0 Å². The van der Waals surface area contributed by atoms with E-state index in [1.807, 2.05) is 0 Å². The van der Waals surface area contributed by atoms with E-state index in [1.165, 1.54) is 35.0 Å². The monoisotopic (exact) mass is 404 g/mol. The highest BCUT2D eigenvalue weighted by Gasteiger charge is 2.31. The van der Waals surface area contributed by atoms with Crippen molar-refractivity contribution < 1.29 is 27.5 Å². The number of alkyl halides is 3. The minimum absolute atomic E-state index is 0.0912. The molecule has 0 aliphatic heterocycles. The standard InChI is InChI=1S/C17H11F3N6O3/c1-26-13-8-10(16(28)23-25-21)4-7-12(13)14(24-26)22-15(27)9-2-5-11(6-3-9)29-17(18,19)20/h2-8H,1H3,(H,22,24,27). The Hall–Kier alpha value is -4.05. The van der Waals surface area contributed by atoms with Gasteiger partial charge in [0.05, 0.1) is 5.52 Å². The molecule has 0 atom stereocenters. The van der Waals surface area contributed by atoms with Gasteiger partial charge in [0.15, 0.2) is 5.82 Å². The van der Waals surface area contributed by atoms with Crippen molar-refractivity contribution in [3.05, 3.63) is 64.0 Å². The number of azide groups is 1. The molecule has 0 aliphatic rings. The van der Waals surface area contributed by atoms with Gasteiger partial charge in [0.1, 0.15) is 5.75 Å². The summed E-state index contributed by atoms with van der Waals surface area (Å²) in [5, 5.41) is 10.3. The Morgan fingerprint density at radius 3 is 2.45 bits per heavy atom. The quantitative estimate of drug-likeness (QED) is 0.398. The zero-order valence-electron chi connectivity index (χ0n) is 14.6. The van der Waals surface area contributed by atoms with Crippen molar-refractivity contribution >= 4 is 28.5 Å². The average molecular weight is 404 g/mol. The number of anilines is 1. The Morgan fingerprint density at radius 2 is 1.83 bits per heavy atom. The lowest BCUT2D eigenvalue weighted by Crippen LogP contribution is -2.17. The lowest BCUT2D eigenvalue weighted by Gasteiger charge is -2.09. The predicted molar refractivity (Wildman–Crippen MR) is 95.3 cm³/mol. The lowest BCUT2D eigenvalue weighted by molar-refractivity contribution is -0.274. The number of benzene rings is 2. The fourth-order valence-electron chi connectivity index (χ4n) is 2.57. The molecule has 0 fully saturated rings. The van der Waals surface area contributed by atoms with Gasteiger partial charge >= 0.3 is 6.36 Å². The lowest BCUT2D eigenvalue weighted by atomic mass is 10.1. The molecule has 2 amide bonds. The number of carbonyl (C=O) groups is 2. The number of halogens is 3. The average Bonchev–Trinajstić information content (AvgIpc) is 2.96. The Kier molecular flexibility index (Phi) is 5.11. The van der Waals surface area contributed by atoms with Crippen LogP contribution in [0, 0.1) is 0 Å². The molecule has 9 nitrogen and oxygen atoms in total. The maximum atomic E-state index is 12.4. The van der Waals surface area contributed by atoms with Gasteiger partial charge in [-0.1, -0.05) is 6.07 Å². The van der Waals surface area contributed by atoms with Crippen LogP contribution in [0.2, 0.25) is 0 Å². The summed E-state index contributed by atoms with van der Waals surface area (Å²) >= 11 is 0. The van der Waals surface area contributed by atoms with Crippen molar-refractivity contribution in [2.75, 3.05) is 5.32 Å². The fraction of sp³-hybridized carbons (Fsp3) is 0.118. The molecule has 0 bridgehead atoms. The Labute approximate surface area is 160 Å². The highest BCUT2D eigenvalue weighted by Crippen LogP contribution is 2.26. The van der Waals surface area contributed by atoms with E-state index in [0.29, 0.717) is 10.9 Å². The maximum absolute atomic E-state index is 12.4. The first-order chi connectivity index (χ1) is 13.7. The van der Waals surface area contributed by atoms with Crippen molar-refractivity contribution in [1.82, 2.24) is 9.78 Å². The van der Waals surface area contributed by atoms with Crippen LogP contribution in [0.1, 0.15) is 20.7 Å². The molecule has 1 N–H and O–H groups in total. The molecule has 148 valence electrons. The fourth-order valence-corrected chi connectivity index (χ4v) is 2.57. The molecule has 2 aromatic carbocycles. The van der Waals surface area contributed by atoms with Crippen LogP contribution in [0.25, 0.3) is 21.3 Å². The molecule has 0 spiro atoms. The highest BCUT2D eigenvalue weighted by atomic mass is 19.4. The minimum Gasteiger partial charge on any atom is -0.406 e. The largest absolute Gasteiger partial charge is 0.573 e. The van der Waals surface area contributed by atoms with Crippen LogP contribution >= 0.6 is 0 Å². The second kappa shape index (κ2) is 7.52. The Balaban J connectivity index is 1.83. The van der Waals surface area contributed by atoms with E-state index in [4.69, 9.17) is 5.53 Å². The normalized spacial score (nSPS) is 11.0. The van der Waals surface area contributed by atoms with E-state index in [9.17, 15) is 22.8 Å². The maximum Gasteiger partial charge on any atom is 0.573 e. The summed E-state index contributed by atoms with van der Waals surface area (Å²) in [5.41, 5.74) is 9.09. The number of carbonyl (C=O) groups excluding carboxylic acids is 2. The molecule has 29 heavy (non-hydrogen) atoms. The molecule has 1 heterocycles. The third kappa shape index (κ3) is 4.45. The first kappa shape index (κ1) is 19.7. The minimum atomic E-state index is -4.82. The van der Waals surface area contributed by atoms with Gasteiger partial charge in [0.25, 0.3) is 5.91 Å². The van der Waals surface area contributed by atoms with Gasteiger partial charge in [-0.15, -0.1) is 13.2 Å². The van der Waals surface area contributed by atoms with Crippen molar-refractivity contribution in [3.63, 3.8) is 0 Å². The molecule has 1 aromatic heterocycles. The number of nitrogens with one attached hydrogen (secondary N) is 1. The third-order valence-electron chi connectivity index (χ3n) is 3.82. The zero-order valence-corrected chi connectivity index (χ0v) is 14.6. The van der Waals surface area contributed by atoms with Crippen molar-refractivity contribution in [1.29, 1.82) is 0 Å². The Bertz CT molecular complexity index is 1150. The number of aryl methyl sites for hydroxylation is 1. The first-order valence-electron chi connectivity index (χ1n) is 7.91. The van der Waals surface area contributed by atoms with Crippen LogP contribution in [-0.4, -0.2) is 28.0 Å². The molecule has 0 aliphatic carbocycles. The molecule has 3 rings (SSSR count). The zero-order chi connectivity index (χ0) is 21.2. The molecular weight excluding hydrogens is 393 g/mol. The van der Waals surface area contributed by atoms with Gasteiger partial charge in [-0.25, -0.2) is 0 Å². The van der Waals surface area contributed by atoms with Gasteiger partial charge in [0.2, 0.25) is 5.91 Å². The van der Waals surface area contributed by atoms with Crippen LogP contribution in [0.5, 0.6) is 5.75 Å². The second-order valence-electron chi connectivity index (χ2n) is 5.73. The molecule has 3 aromatic rings. The Morgan fingerprint density at radius 1 is 1.17 bits per heavy atom. The molecule has 0 saturated heterocycles. The summed E-state index contributed by atoms with van der Waals surface area (Å²) in [7, 11) is 1.59. The molecule has 0 radical (unpaired) electrons. The number of rotatable bonds is 4. The van der Waals surface area contributed by atoms with Crippen molar-refractivity contribution in [3.8, 4) is 5.75 Å². The summed E-state index contributed by atoms with van der Waals surface area (Å²) in [6.45, 7) is 0. The number of fused-ring (bicyclic) bond motifs is 1. The smallest absolute Gasteiger partial charge is 0.406 e. The van der Waals surface area contributed by atoms with Crippen LogP contribution in [0.15, 0.2) is 47.6 Å². The van der Waals surface area contributed by atoms with Crippen molar-refractivity contribution in [2.45, 2.75) is 6.36 Å². The molecular formula is C17H11F3N6O3. The van der Waals surface area contributed by atoms with Crippen molar-refractivity contribution in [2.24, 2.45) is 12.2 Å². The van der Waals surface area contributed by atoms with Crippen LogP contribution in [0.3, 0.4) is 0 Å². The topological polar surface area (TPSA) is 122 Å². The SMILES string of the molecule is Cn1nc(NC(=O)c2ccc(OC(F)(F)F)cc2)c2ccc(C(=O)N=[N+]=[N-])cc21. The number of hydrogen-bond acceptors (Lipinski definition) is 4. The van der Waals surface area contributed by atoms with Gasteiger partial charge in [-0.05, 0) is 47.0 Å². The molecule has 0 saturated carbocycles. The number of ether oxygens (including phenoxy) is 1. The molecule has 0 unspecified atom stereocenters. The van der Waals surface area contributed by atoms with Crippen LogP contribution < -0.4 is 10.1 Å². The third-order valence-corrected chi connectivity index (χ3v) is 3.82. The second-order valence-corrected chi connectivity index (χ2v) is 5.73. The van der Waals surface area contributed by atoms with Gasteiger partial charge in [-0.3, -0.25) is 14.3 Å². The number of aromatic nitrogens is 2. The predicted octanol–water partition coefficient (Wildman–Crippen LogP) is 4.17.